The molecule has 0 radical (unpaired) electrons. The lowest BCUT2D eigenvalue weighted by atomic mass is 10.4. The fourth-order valence-electron chi connectivity index (χ4n) is 0.746. The van der Waals surface area contributed by atoms with Gasteiger partial charge in [0.15, 0.2) is 0 Å². The monoisotopic (exact) mass is 176 g/mol. The highest BCUT2D eigenvalue weighted by Gasteiger charge is 2.16. The van der Waals surface area contributed by atoms with Crippen molar-refractivity contribution in [1.29, 1.82) is 0 Å². The minimum Gasteiger partial charge on any atom is -0.390 e. The first-order valence-electron chi connectivity index (χ1n) is 2.78. The van der Waals surface area contributed by atoms with Crippen molar-refractivity contribution < 1.29 is 10.0 Å². The standard InChI is InChI=1S/C5H5ClN2O3/c6-7-2-1-4(8(10)11)5(7)3-9/h1-2,9H,3H2. The Bertz CT molecular complexity index is 283. The Morgan fingerprint density at radius 1 is 1.82 bits per heavy atom. The first-order valence-corrected chi connectivity index (χ1v) is 3.12. The minimum absolute atomic E-state index is 0.0941. The van der Waals surface area contributed by atoms with Crippen molar-refractivity contribution in [3.8, 4) is 0 Å². The van der Waals surface area contributed by atoms with E-state index >= 15 is 0 Å². The molecular formula is C5H5ClN2O3. The highest BCUT2D eigenvalue weighted by Crippen LogP contribution is 2.20. The zero-order valence-electron chi connectivity index (χ0n) is 5.40. The van der Waals surface area contributed by atoms with E-state index in [2.05, 4.69) is 0 Å². The zero-order valence-corrected chi connectivity index (χ0v) is 6.15. The second kappa shape index (κ2) is 2.89. The molecule has 0 saturated carbocycles. The van der Waals surface area contributed by atoms with Gasteiger partial charge >= 0.3 is 0 Å². The van der Waals surface area contributed by atoms with Crippen molar-refractivity contribution in [2.24, 2.45) is 0 Å². The molecule has 6 heteroatoms. The maximum Gasteiger partial charge on any atom is 0.293 e. The van der Waals surface area contributed by atoms with Crippen LogP contribution >= 0.6 is 11.8 Å². The van der Waals surface area contributed by atoms with Crippen molar-refractivity contribution in [2.45, 2.75) is 6.61 Å². The van der Waals surface area contributed by atoms with Crippen molar-refractivity contribution in [3.63, 3.8) is 0 Å². The minimum atomic E-state index is -0.593. The van der Waals surface area contributed by atoms with E-state index in [-0.39, 0.29) is 11.4 Å². The molecule has 0 aliphatic rings. The molecule has 1 aromatic rings. The molecule has 1 rings (SSSR count). The normalized spacial score (nSPS) is 10.0. The number of nitro groups is 1. The first-order chi connectivity index (χ1) is 5.16. The van der Waals surface area contributed by atoms with E-state index in [4.69, 9.17) is 16.9 Å². The fraction of sp³-hybridized carbons (Fsp3) is 0.200. The predicted octanol–water partition coefficient (Wildman–Crippen LogP) is 0.890. The quantitative estimate of drug-likeness (QED) is 0.538. The third-order valence-corrected chi connectivity index (χ3v) is 1.58. The van der Waals surface area contributed by atoms with Gasteiger partial charge in [-0.25, -0.2) is 0 Å². The molecular weight excluding hydrogens is 172 g/mol. The lowest BCUT2D eigenvalue weighted by molar-refractivity contribution is -0.385. The maximum atomic E-state index is 10.2. The number of aliphatic hydroxyl groups is 1. The summed E-state index contributed by atoms with van der Waals surface area (Å²) in [5, 5.41) is 18.8. The molecule has 11 heavy (non-hydrogen) atoms. The summed E-state index contributed by atoms with van der Waals surface area (Å²) in [5.74, 6) is 0. The van der Waals surface area contributed by atoms with Crippen molar-refractivity contribution in [3.05, 3.63) is 28.1 Å². The average molecular weight is 177 g/mol. The molecule has 5 nitrogen and oxygen atoms in total. The van der Waals surface area contributed by atoms with Crippen LogP contribution in [-0.4, -0.2) is 14.1 Å². The van der Waals surface area contributed by atoms with Crippen LogP contribution in [0.4, 0.5) is 5.69 Å². The Kier molecular flexibility index (Phi) is 2.11. The highest BCUT2D eigenvalue weighted by molar-refractivity contribution is 6.16. The van der Waals surface area contributed by atoms with Crippen molar-refractivity contribution in [2.75, 3.05) is 0 Å². The molecule has 1 heterocycles. The van der Waals surface area contributed by atoms with Crippen LogP contribution in [0.1, 0.15) is 5.69 Å². The number of aliphatic hydroxyl groups excluding tert-OH is 1. The summed E-state index contributed by atoms with van der Waals surface area (Å²) in [6.07, 6.45) is 1.31. The van der Waals surface area contributed by atoms with Gasteiger partial charge in [-0.1, -0.05) is 0 Å². The summed E-state index contributed by atoms with van der Waals surface area (Å²) in [4.78, 5) is 9.62. The Labute approximate surface area is 67.1 Å². The highest BCUT2D eigenvalue weighted by atomic mass is 35.5. The van der Waals surface area contributed by atoms with Crippen LogP contribution in [-0.2, 0) is 6.61 Å². The topological polar surface area (TPSA) is 68.3 Å². The lowest BCUT2D eigenvalue weighted by Gasteiger charge is -1.93. The number of hydrogen-bond acceptors (Lipinski definition) is 3. The van der Waals surface area contributed by atoms with Gasteiger partial charge in [-0.3, -0.25) is 14.2 Å². The van der Waals surface area contributed by atoms with Gasteiger partial charge in [0.2, 0.25) is 0 Å². The van der Waals surface area contributed by atoms with Gasteiger partial charge < -0.3 is 5.11 Å². The summed E-state index contributed by atoms with van der Waals surface area (Å²) in [6.45, 7) is -0.438. The summed E-state index contributed by atoms with van der Waals surface area (Å²) in [5.41, 5.74) is -0.0702. The lowest BCUT2D eigenvalue weighted by Crippen LogP contribution is -1.95. The SMILES string of the molecule is O=[N+]([O-])c1ccn(Cl)c1CO. The summed E-state index contributed by atoms with van der Waals surface area (Å²) in [7, 11) is 0. The first kappa shape index (κ1) is 8.03. The Balaban J connectivity index is 3.15. The Morgan fingerprint density at radius 2 is 2.45 bits per heavy atom. The smallest absolute Gasteiger partial charge is 0.293 e. The molecule has 1 N–H and O–H groups in total. The van der Waals surface area contributed by atoms with E-state index in [0.717, 1.165) is 4.09 Å². The Hall–Kier alpha value is -1.07. The second-order valence-corrected chi connectivity index (χ2v) is 2.24. The molecule has 0 unspecified atom stereocenters. The maximum absolute atomic E-state index is 10.2. The van der Waals surface area contributed by atoms with Gasteiger partial charge in [-0.2, -0.15) is 0 Å². The fourth-order valence-corrected chi connectivity index (χ4v) is 0.943. The molecule has 0 fully saturated rings. The molecule has 1 aromatic heterocycles. The van der Waals surface area contributed by atoms with Crippen molar-refractivity contribution in [1.82, 2.24) is 4.09 Å². The van der Waals surface area contributed by atoms with Crippen LogP contribution < -0.4 is 0 Å². The van der Waals surface area contributed by atoms with E-state index < -0.39 is 11.5 Å². The second-order valence-electron chi connectivity index (χ2n) is 1.87. The van der Waals surface area contributed by atoms with E-state index in [1.807, 2.05) is 0 Å². The summed E-state index contributed by atoms with van der Waals surface area (Å²) < 4.78 is 0.998. The van der Waals surface area contributed by atoms with E-state index in [9.17, 15) is 10.1 Å². The third-order valence-electron chi connectivity index (χ3n) is 1.26. The molecule has 0 aliphatic heterocycles. The van der Waals surface area contributed by atoms with Gasteiger partial charge in [0.25, 0.3) is 5.69 Å². The third kappa shape index (κ3) is 1.33. The average Bonchev–Trinajstić information content (AvgIpc) is 2.30. The van der Waals surface area contributed by atoms with Gasteiger partial charge in [-0.15, -0.1) is 0 Å². The largest absolute Gasteiger partial charge is 0.390 e. The number of halogens is 1. The molecule has 60 valence electrons. The number of rotatable bonds is 2. The zero-order chi connectivity index (χ0) is 8.43. The predicted molar refractivity (Wildman–Crippen MR) is 38.3 cm³/mol. The summed E-state index contributed by atoms with van der Waals surface area (Å²) >= 11 is 5.44. The van der Waals surface area contributed by atoms with Crippen LogP contribution in [0.15, 0.2) is 12.3 Å². The number of nitrogens with zero attached hydrogens (tertiary/aromatic N) is 2. The number of hydrogen-bond donors (Lipinski definition) is 1. The molecule has 0 atom stereocenters. The molecule has 0 saturated heterocycles. The molecule has 0 aliphatic carbocycles. The molecule has 0 spiro atoms. The van der Waals surface area contributed by atoms with Gasteiger partial charge in [0.1, 0.15) is 5.69 Å². The van der Waals surface area contributed by atoms with E-state index in [0.29, 0.717) is 0 Å². The van der Waals surface area contributed by atoms with Crippen LogP contribution in [0.5, 0.6) is 0 Å². The van der Waals surface area contributed by atoms with Gasteiger partial charge in [0, 0.05) is 24.0 Å². The molecule has 0 amide bonds. The molecule has 0 bridgehead atoms. The van der Waals surface area contributed by atoms with Crippen LogP contribution in [0.2, 0.25) is 0 Å². The molecule has 0 aromatic carbocycles. The Morgan fingerprint density at radius 3 is 2.82 bits per heavy atom. The van der Waals surface area contributed by atoms with Gasteiger partial charge in [-0.05, 0) is 0 Å². The van der Waals surface area contributed by atoms with Crippen LogP contribution in [0, 0.1) is 10.1 Å². The van der Waals surface area contributed by atoms with Crippen LogP contribution in [0.3, 0.4) is 0 Å². The van der Waals surface area contributed by atoms with E-state index in [1.165, 1.54) is 12.3 Å². The van der Waals surface area contributed by atoms with Crippen molar-refractivity contribution >= 4 is 17.5 Å². The van der Waals surface area contributed by atoms with Gasteiger partial charge in [0.05, 0.1) is 11.5 Å². The van der Waals surface area contributed by atoms with E-state index in [1.54, 1.807) is 0 Å². The van der Waals surface area contributed by atoms with Crippen LogP contribution in [0.25, 0.3) is 0 Å². The summed E-state index contributed by atoms with van der Waals surface area (Å²) in [6, 6.07) is 1.23. The number of aromatic nitrogens is 1.